The SMILES string of the molecule is Cc1ccc(C(=O)Nc2nc3c(s2)c(C(=O)NCc2nccs2)cn3C(C)(C)C)cc1. The summed E-state index contributed by atoms with van der Waals surface area (Å²) >= 11 is 2.80. The van der Waals surface area contributed by atoms with Crippen molar-refractivity contribution in [1.29, 1.82) is 0 Å². The van der Waals surface area contributed by atoms with Gasteiger partial charge in [-0.2, -0.15) is 0 Å². The molecule has 0 aliphatic carbocycles. The molecule has 0 aliphatic rings. The summed E-state index contributed by atoms with van der Waals surface area (Å²) in [5, 5.41) is 8.98. The van der Waals surface area contributed by atoms with Gasteiger partial charge in [-0.1, -0.05) is 29.0 Å². The van der Waals surface area contributed by atoms with Crippen molar-refractivity contribution in [3.05, 3.63) is 63.7 Å². The molecule has 2 amide bonds. The van der Waals surface area contributed by atoms with Crippen LogP contribution in [0, 0.1) is 6.92 Å². The first-order valence-corrected chi connectivity index (χ1v) is 11.5. The topological polar surface area (TPSA) is 88.9 Å². The first kappa shape index (κ1) is 21.2. The zero-order valence-electron chi connectivity index (χ0n) is 17.7. The van der Waals surface area contributed by atoms with Gasteiger partial charge in [0.1, 0.15) is 5.01 Å². The van der Waals surface area contributed by atoms with Crippen molar-refractivity contribution < 1.29 is 9.59 Å². The Hall–Kier alpha value is -3.04. The van der Waals surface area contributed by atoms with E-state index in [0.717, 1.165) is 15.3 Å². The Morgan fingerprint density at radius 1 is 1.13 bits per heavy atom. The number of carbonyl (C=O) groups is 2. The van der Waals surface area contributed by atoms with Crippen LogP contribution in [0.3, 0.4) is 0 Å². The van der Waals surface area contributed by atoms with E-state index in [2.05, 4.69) is 20.6 Å². The molecule has 3 aromatic heterocycles. The minimum Gasteiger partial charge on any atom is -0.345 e. The molecule has 31 heavy (non-hydrogen) atoms. The van der Waals surface area contributed by atoms with Crippen molar-refractivity contribution in [2.24, 2.45) is 0 Å². The number of fused-ring (bicyclic) bond motifs is 1. The van der Waals surface area contributed by atoms with E-state index in [1.807, 2.05) is 56.0 Å². The third kappa shape index (κ3) is 4.52. The number of rotatable bonds is 5. The number of benzene rings is 1. The maximum absolute atomic E-state index is 12.9. The first-order valence-electron chi connectivity index (χ1n) is 9.79. The van der Waals surface area contributed by atoms with E-state index in [0.29, 0.717) is 28.5 Å². The number of hydrogen-bond acceptors (Lipinski definition) is 6. The van der Waals surface area contributed by atoms with E-state index in [4.69, 9.17) is 0 Å². The third-order valence-corrected chi connectivity index (χ3v) is 6.50. The number of aromatic nitrogens is 3. The van der Waals surface area contributed by atoms with Crippen LogP contribution < -0.4 is 10.6 Å². The minimum atomic E-state index is -0.279. The number of nitrogens with one attached hydrogen (secondary N) is 2. The van der Waals surface area contributed by atoms with Crippen LogP contribution in [0.4, 0.5) is 5.13 Å². The van der Waals surface area contributed by atoms with E-state index in [1.54, 1.807) is 18.3 Å². The van der Waals surface area contributed by atoms with E-state index >= 15 is 0 Å². The molecular weight excluding hydrogens is 430 g/mol. The summed E-state index contributed by atoms with van der Waals surface area (Å²) in [5.41, 5.74) is 2.58. The van der Waals surface area contributed by atoms with Crippen molar-refractivity contribution >= 4 is 50.0 Å². The van der Waals surface area contributed by atoms with Gasteiger partial charge in [0.2, 0.25) is 0 Å². The molecule has 4 rings (SSSR count). The fourth-order valence-corrected chi connectivity index (χ4v) is 4.61. The number of amides is 2. The molecule has 0 saturated heterocycles. The standard InChI is InChI=1S/C22H23N5O2S2/c1-13-5-7-14(8-6-13)19(28)26-21-25-18-17(31-21)15(12-27(18)22(2,3)4)20(29)24-11-16-23-9-10-30-16/h5-10,12H,11H2,1-4H3,(H,24,29)(H,25,26,28). The number of anilines is 1. The number of aryl methyl sites for hydroxylation is 1. The molecule has 0 aliphatic heterocycles. The van der Waals surface area contributed by atoms with Crippen LogP contribution in [0.25, 0.3) is 10.3 Å². The highest BCUT2D eigenvalue weighted by Gasteiger charge is 2.25. The van der Waals surface area contributed by atoms with Crippen molar-refractivity contribution in [3.8, 4) is 0 Å². The normalized spacial score (nSPS) is 11.6. The average molecular weight is 454 g/mol. The van der Waals surface area contributed by atoms with Gasteiger partial charge in [-0.05, 0) is 39.8 Å². The van der Waals surface area contributed by atoms with E-state index < -0.39 is 0 Å². The lowest BCUT2D eigenvalue weighted by Gasteiger charge is -2.21. The van der Waals surface area contributed by atoms with Crippen LogP contribution in [-0.4, -0.2) is 26.3 Å². The van der Waals surface area contributed by atoms with Gasteiger partial charge in [0.15, 0.2) is 10.8 Å². The molecule has 1 aromatic carbocycles. The number of hydrogen-bond donors (Lipinski definition) is 2. The maximum Gasteiger partial charge on any atom is 0.257 e. The predicted molar refractivity (Wildman–Crippen MR) is 125 cm³/mol. The smallest absolute Gasteiger partial charge is 0.257 e. The Morgan fingerprint density at radius 3 is 2.52 bits per heavy atom. The molecule has 0 saturated carbocycles. The fraction of sp³-hybridized carbons (Fsp3) is 0.273. The molecule has 0 unspecified atom stereocenters. The molecular formula is C22H23N5O2S2. The molecule has 0 atom stereocenters. The zero-order chi connectivity index (χ0) is 22.2. The predicted octanol–water partition coefficient (Wildman–Crippen LogP) is 4.80. The van der Waals surface area contributed by atoms with Gasteiger partial charge in [0.05, 0.1) is 16.8 Å². The van der Waals surface area contributed by atoms with Crippen molar-refractivity contribution in [3.63, 3.8) is 0 Å². The highest BCUT2D eigenvalue weighted by molar-refractivity contribution is 7.22. The maximum atomic E-state index is 12.9. The van der Waals surface area contributed by atoms with Gasteiger partial charge in [0, 0.05) is 28.9 Å². The Morgan fingerprint density at radius 2 is 1.87 bits per heavy atom. The van der Waals surface area contributed by atoms with Gasteiger partial charge < -0.3 is 9.88 Å². The van der Waals surface area contributed by atoms with Crippen LogP contribution in [0.2, 0.25) is 0 Å². The van der Waals surface area contributed by atoms with Gasteiger partial charge >= 0.3 is 0 Å². The van der Waals surface area contributed by atoms with Crippen LogP contribution in [0.15, 0.2) is 42.0 Å². The highest BCUT2D eigenvalue weighted by atomic mass is 32.1. The van der Waals surface area contributed by atoms with Crippen LogP contribution in [0.1, 0.15) is 52.1 Å². The molecule has 0 bridgehead atoms. The zero-order valence-corrected chi connectivity index (χ0v) is 19.4. The fourth-order valence-electron chi connectivity index (χ4n) is 3.09. The van der Waals surface area contributed by atoms with Gasteiger partial charge in [-0.3, -0.25) is 14.9 Å². The van der Waals surface area contributed by atoms with E-state index in [1.165, 1.54) is 22.7 Å². The van der Waals surface area contributed by atoms with E-state index in [-0.39, 0.29) is 17.4 Å². The number of carbonyl (C=O) groups excluding carboxylic acids is 2. The molecule has 160 valence electrons. The van der Waals surface area contributed by atoms with Crippen molar-refractivity contribution in [2.45, 2.75) is 39.8 Å². The number of nitrogens with zero attached hydrogens (tertiary/aromatic N) is 3. The quantitative estimate of drug-likeness (QED) is 0.454. The summed E-state index contributed by atoms with van der Waals surface area (Å²) in [5.74, 6) is -0.420. The summed E-state index contributed by atoms with van der Waals surface area (Å²) in [6.07, 6.45) is 3.55. The molecule has 3 heterocycles. The van der Waals surface area contributed by atoms with Crippen molar-refractivity contribution in [2.75, 3.05) is 5.32 Å². The summed E-state index contributed by atoms with van der Waals surface area (Å²) in [6, 6.07) is 7.35. The van der Waals surface area contributed by atoms with E-state index in [9.17, 15) is 9.59 Å². The first-order chi connectivity index (χ1) is 14.7. The molecule has 0 radical (unpaired) electrons. The van der Waals surface area contributed by atoms with Crippen LogP contribution in [-0.2, 0) is 12.1 Å². The Kier molecular flexibility index (Phi) is 5.63. The van der Waals surface area contributed by atoms with Gasteiger partial charge in [0.25, 0.3) is 11.8 Å². The summed E-state index contributed by atoms with van der Waals surface area (Å²) in [6.45, 7) is 8.49. The Balaban J connectivity index is 1.64. The summed E-state index contributed by atoms with van der Waals surface area (Å²) < 4.78 is 2.71. The molecule has 9 heteroatoms. The molecule has 0 spiro atoms. The van der Waals surface area contributed by atoms with Crippen LogP contribution >= 0.6 is 22.7 Å². The monoisotopic (exact) mass is 453 g/mol. The van der Waals surface area contributed by atoms with Gasteiger partial charge in [-0.25, -0.2) is 9.97 Å². The van der Waals surface area contributed by atoms with Crippen LogP contribution in [0.5, 0.6) is 0 Å². The second-order valence-corrected chi connectivity index (χ2v) is 10.2. The Labute approximate surface area is 188 Å². The molecule has 2 N–H and O–H groups in total. The van der Waals surface area contributed by atoms with Gasteiger partial charge in [-0.15, -0.1) is 11.3 Å². The van der Waals surface area contributed by atoms with Crippen molar-refractivity contribution in [1.82, 2.24) is 19.9 Å². The lowest BCUT2D eigenvalue weighted by Crippen LogP contribution is -2.24. The largest absolute Gasteiger partial charge is 0.345 e. The second kappa shape index (κ2) is 8.24. The lowest BCUT2D eigenvalue weighted by atomic mass is 10.1. The molecule has 0 fully saturated rings. The summed E-state index contributed by atoms with van der Waals surface area (Å²) in [4.78, 5) is 34.4. The lowest BCUT2D eigenvalue weighted by molar-refractivity contribution is 0.0951. The molecule has 7 nitrogen and oxygen atoms in total. The molecule has 4 aromatic rings. The third-order valence-electron chi connectivity index (χ3n) is 4.73. The average Bonchev–Trinajstić information content (AvgIpc) is 3.42. The Bertz CT molecular complexity index is 1230. The minimum absolute atomic E-state index is 0.191. The number of thiazole rings is 2. The highest BCUT2D eigenvalue weighted by Crippen LogP contribution is 2.34. The summed E-state index contributed by atoms with van der Waals surface area (Å²) in [7, 11) is 0. The second-order valence-electron chi connectivity index (χ2n) is 8.18.